The number of hydrogen-bond acceptors (Lipinski definition) is 4. The fourth-order valence-electron chi connectivity index (χ4n) is 2.38. The summed E-state index contributed by atoms with van der Waals surface area (Å²) in [6.07, 6.45) is -4.59. The lowest BCUT2D eigenvalue weighted by molar-refractivity contribution is -0.137. The highest BCUT2D eigenvalue weighted by molar-refractivity contribution is 6.31. The van der Waals surface area contributed by atoms with Gasteiger partial charge in [0.05, 0.1) is 17.1 Å². The van der Waals surface area contributed by atoms with Gasteiger partial charge in [0.2, 0.25) is 5.91 Å². The van der Waals surface area contributed by atoms with E-state index >= 15 is 0 Å². The Kier molecular flexibility index (Phi) is 7.66. The fourth-order valence-corrected chi connectivity index (χ4v) is 2.61. The number of benzene rings is 1. The summed E-state index contributed by atoms with van der Waals surface area (Å²) in [7, 11) is 0. The maximum atomic E-state index is 12.9. The number of ether oxygens (including phenoxy) is 1. The average molecular weight is 444 g/mol. The van der Waals surface area contributed by atoms with Crippen LogP contribution in [0.3, 0.4) is 0 Å². The fraction of sp³-hybridized carbons (Fsp3) is 0.350. The standard InChI is InChI=1S/C20H21ClF3N3O3/c1-11(2)18(28)27-17-9-13(8-12(3)26-17)19(29)25-6-7-30-14-4-5-16(21)15(10-14)20(22,23)24/h4-5,8-11H,6-7H2,1-3H3,(H,25,29)(H,26,27,28). The van der Waals surface area contributed by atoms with Crippen LogP contribution in [0, 0.1) is 12.8 Å². The van der Waals surface area contributed by atoms with Gasteiger partial charge in [-0.1, -0.05) is 25.4 Å². The molecule has 0 radical (unpaired) electrons. The van der Waals surface area contributed by atoms with Gasteiger partial charge in [0.15, 0.2) is 0 Å². The minimum Gasteiger partial charge on any atom is -0.492 e. The Morgan fingerprint density at radius 3 is 2.53 bits per heavy atom. The zero-order valence-electron chi connectivity index (χ0n) is 16.6. The van der Waals surface area contributed by atoms with Crippen LogP contribution in [-0.2, 0) is 11.0 Å². The molecule has 0 bridgehead atoms. The number of aryl methyl sites for hydroxylation is 1. The summed E-state index contributed by atoms with van der Waals surface area (Å²) in [5.74, 6) is -0.659. The van der Waals surface area contributed by atoms with E-state index in [2.05, 4.69) is 15.6 Å². The van der Waals surface area contributed by atoms with Crippen LogP contribution >= 0.6 is 11.6 Å². The second-order valence-corrected chi connectivity index (χ2v) is 7.18. The first-order valence-corrected chi connectivity index (χ1v) is 9.42. The molecule has 0 aliphatic rings. The van der Waals surface area contributed by atoms with E-state index in [0.717, 1.165) is 12.1 Å². The molecule has 0 aliphatic heterocycles. The Balaban J connectivity index is 1.94. The lowest BCUT2D eigenvalue weighted by Crippen LogP contribution is -2.28. The van der Waals surface area contributed by atoms with Gasteiger partial charge in [0, 0.05) is 17.2 Å². The van der Waals surface area contributed by atoms with Gasteiger partial charge in [-0.3, -0.25) is 9.59 Å². The number of aromatic nitrogens is 1. The van der Waals surface area contributed by atoms with Crippen LogP contribution in [0.5, 0.6) is 5.75 Å². The molecule has 10 heteroatoms. The Hall–Kier alpha value is -2.81. The summed E-state index contributed by atoms with van der Waals surface area (Å²) in [6.45, 7) is 5.15. The molecule has 0 aliphatic carbocycles. The van der Waals surface area contributed by atoms with Gasteiger partial charge >= 0.3 is 6.18 Å². The summed E-state index contributed by atoms with van der Waals surface area (Å²) in [5.41, 5.74) is -0.167. The van der Waals surface area contributed by atoms with Crippen molar-refractivity contribution in [2.45, 2.75) is 26.9 Å². The molecule has 0 fully saturated rings. The topological polar surface area (TPSA) is 80.3 Å². The van der Waals surface area contributed by atoms with Crippen LogP contribution in [0.25, 0.3) is 0 Å². The molecule has 6 nitrogen and oxygen atoms in total. The highest BCUT2D eigenvalue weighted by Crippen LogP contribution is 2.36. The average Bonchev–Trinajstić information content (AvgIpc) is 2.64. The second-order valence-electron chi connectivity index (χ2n) is 6.77. The van der Waals surface area contributed by atoms with E-state index < -0.39 is 22.7 Å². The second kappa shape index (κ2) is 9.80. The van der Waals surface area contributed by atoms with E-state index in [0.29, 0.717) is 5.69 Å². The molecule has 0 atom stereocenters. The smallest absolute Gasteiger partial charge is 0.417 e. The van der Waals surface area contributed by atoms with Crippen LogP contribution < -0.4 is 15.4 Å². The summed E-state index contributed by atoms with van der Waals surface area (Å²) in [4.78, 5) is 28.3. The first-order chi connectivity index (χ1) is 14.0. The number of carbonyl (C=O) groups excluding carboxylic acids is 2. The van der Waals surface area contributed by atoms with E-state index in [9.17, 15) is 22.8 Å². The third-order valence-electron chi connectivity index (χ3n) is 3.89. The number of rotatable bonds is 7. The zero-order chi connectivity index (χ0) is 22.5. The van der Waals surface area contributed by atoms with Crippen LogP contribution in [0.4, 0.5) is 19.0 Å². The maximum Gasteiger partial charge on any atom is 0.417 e. The van der Waals surface area contributed by atoms with Crippen molar-refractivity contribution < 1.29 is 27.5 Å². The molecule has 1 heterocycles. The summed E-state index contributed by atoms with van der Waals surface area (Å²) >= 11 is 5.56. The van der Waals surface area contributed by atoms with Crippen molar-refractivity contribution in [1.29, 1.82) is 0 Å². The zero-order valence-corrected chi connectivity index (χ0v) is 17.3. The van der Waals surface area contributed by atoms with Crippen molar-refractivity contribution in [2.75, 3.05) is 18.5 Å². The molecule has 162 valence electrons. The van der Waals surface area contributed by atoms with Gasteiger partial charge < -0.3 is 15.4 Å². The lowest BCUT2D eigenvalue weighted by atomic mass is 10.2. The quantitative estimate of drug-likeness (QED) is 0.619. The van der Waals surface area contributed by atoms with E-state index in [1.165, 1.54) is 12.1 Å². The molecule has 0 spiro atoms. The van der Waals surface area contributed by atoms with Gasteiger partial charge in [0.1, 0.15) is 18.2 Å². The van der Waals surface area contributed by atoms with Crippen molar-refractivity contribution in [1.82, 2.24) is 10.3 Å². The molecule has 1 aromatic carbocycles. The minimum atomic E-state index is -4.59. The van der Waals surface area contributed by atoms with Gasteiger partial charge in [-0.15, -0.1) is 0 Å². The molecule has 0 saturated heterocycles. The number of nitrogens with one attached hydrogen (secondary N) is 2. The predicted octanol–water partition coefficient (Wildman–Crippen LogP) is 4.47. The van der Waals surface area contributed by atoms with Gasteiger partial charge in [0.25, 0.3) is 5.91 Å². The summed E-state index contributed by atoms with van der Waals surface area (Å²) in [6, 6.07) is 6.22. The van der Waals surface area contributed by atoms with Crippen LogP contribution in [0.2, 0.25) is 5.02 Å². The SMILES string of the molecule is Cc1cc(C(=O)NCCOc2ccc(Cl)c(C(F)(F)F)c2)cc(NC(=O)C(C)C)n1. The molecule has 0 unspecified atom stereocenters. The number of halogens is 4. The first-order valence-electron chi connectivity index (χ1n) is 9.04. The first kappa shape index (κ1) is 23.5. The third-order valence-corrected chi connectivity index (χ3v) is 4.22. The lowest BCUT2D eigenvalue weighted by Gasteiger charge is -2.13. The number of alkyl halides is 3. The van der Waals surface area contributed by atoms with E-state index in [-0.39, 0.29) is 42.1 Å². The predicted molar refractivity (Wildman–Crippen MR) is 107 cm³/mol. The maximum absolute atomic E-state index is 12.9. The highest BCUT2D eigenvalue weighted by Gasteiger charge is 2.33. The molecule has 2 amide bonds. The van der Waals surface area contributed by atoms with Gasteiger partial charge in [-0.05, 0) is 37.3 Å². The number of nitrogens with zero attached hydrogens (tertiary/aromatic N) is 1. The number of anilines is 1. The largest absolute Gasteiger partial charge is 0.492 e. The van der Waals surface area contributed by atoms with Crippen molar-refractivity contribution in [3.05, 3.63) is 52.2 Å². The van der Waals surface area contributed by atoms with Crippen LogP contribution in [0.15, 0.2) is 30.3 Å². The normalized spacial score (nSPS) is 11.3. The Morgan fingerprint density at radius 2 is 1.90 bits per heavy atom. The van der Waals surface area contributed by atoms with Crippen LogP contribution in [0.1, 0.15) is 35.5 Å². The highest BCUT2D eigenvalue weighted by atomic mass is 35.5. The molecule has 30 heavy (non-hydrogen) atoms. The van der Waals surface area contributed by atoms with Crippen molar-refractivity contribution >= 4 is 29.2 Å². The summed E-state index contributed by atoms with van der Waals surface area (Å²) in [5, 5.41) is 4.81. The molecular formula is C20H21ClF3N3O3. The Bertz CT molecular complexity index is 933. The third kappa shape index (κ3) is 6.62. The molecule has 2 rings (SSSR count). The Morgan fingerprint density at radius 1 is 1.20 bits per heavy atom. The summed E-state index contributed by atoms with van der Waals surface area (Å²) < 4.78 is 43.9. The van der Waals surface area contributed by atoms with Gasteiger partial charge in [-0.25, -0.2) is 4.98 Å². The molecule has 0 saturated carbocycles. The molecule has 2 N–H and O–H groups in total. The van der Waals surface area contributed by atoms with E-state index in [1.807, 2.05) is 0 Å². The molecule has 1 aromatic heterocycles. The Labute approximate surface area is 176 Å². The minimum absolute atomic E-state index is 0.0144. The van der Waals surface area contributed by atoms with E-state index in [4.69, 9.17) is 16.3 Å². The number of hydrogen-bond donors (Lipinski definition) is 2. The molecule has 2 aromatic rings. The number of amides is 2. The van der Waals surface area contributed by atoms with Gasteiger partial charge in [-0.2, -0.15) is 13.2 Å². The van der Waals surface area contributed by atoms with Crippen molar-refractivity contribution in [3.8, 4) is 5.75 Å². The van der Waals surface area contributed by atoms with Crippen molar-refractivity contribution in [2.24, 2.45) is 5.92 Å². The van der Waals surface area contributed by atoms with E-state index in [1.54, 1.807) is 26.8 Å². The number of carbonyl (C=O) groups is 2. The van der Waals surface area contributed by atoms with Crippen molar-refractivity contribution in [3.63, 3.8) is 0 Å². The monoisotopic (exact) mass is 443 g/mol. The van der Waals surface area contributed by atoms with Crippen LogP contribution in [-0.4, -0.2) is 29.9 Å². The number of pyridine rings is 1. The molecular weight excluding hydrogens is 423 g/mol.